The number of amides is 1. The lowest BCUT2D eigenvalue weighted by atomic mass is 10.1. The van der Waals surface area contributed by atoms with Gasteiger partial charge in [0, 0.05) is 18.7 Å². The Morgan fingerprint density at radius 2 is 1.96 bits per heavy atom. The first kappa shape index (κ1) is 17.1. The van der Waals surface area contributed by atoms with E-state index in [2.05, 4.69) is 0 Å². The average molecular weight is 339 g/mol. The lowest BCUT2D eigenvalue weighted by Gasteiger charge is -2.23. The normalized spacial score (nSPS) is 19.1. The maximum absolute atomic E-state index is 12.0. The first-order valence-corrected chi connectivity index (χ1v) is 8.83. The van der Waals surface area contributed by atoms with E-state index in [1.807, 2.05) is 0 Å². The summed E-state index contributed by atoms with van der Waals surface area (Å²) in [6.07, 6.45) is 1.05. The number of carbonyl (C=O) groups excluding carboxylic acids is 3. The summed E-state index contributed by atoms with van der Waals surface area (Å²) in [7, 11) is -1.58. The molecule has 1 aliphatic heterocycles. The van der Waals surface area contributed by atoms with Crippen molar-refractivity contribution < 1.29 is 27.5 Å². The second-order valence-electron chi connectivity index (χ2n) is 5.38. The quantitative estimate of drug-likeness (QED) is 0.565. The van der Waals surface area contributed by atoms with Crippen molar-refractivity contribution in [2.24, 2.45) is 0 Å². The number of benzene rings is 1. The molecule has 1 atom stereocenters. The Labute approximate surface area is 134 Å². The predicted molar refractivity (Wildman–Crippen MR) is 81.9 cm³/mol. The molecule has 0 saturated carbocycles. The lowest BCUT2D eigenvalue weighted by Crippen LogP contribution is -2.40. The molecular weight excluding hydrogens is 322 g/mol. The van der Waals surface area contributed by atoms with Crippen molar-refractivity contribution in [1.82, 2.24) is 4.90 Å². The van der Waals surface area contributed by atoms with Gasteiger partial charge in [-0.15, -0.1) is 0 Å². The summed E-state index contributed by atoms with van der Waals surface area (Å²) in [5.74, 6) is -1.12. The zero-order chi connectivity index (χ0) is 17.0. The maximum atomic E-state index is 12.0. The Balaban J connectivity index is 1.88. The van der Waals surface area contributed by atoms with Gasteiger partial charge < -0.3 is 9.64 Å². The SMILES string of the molecule is CN(C(=O)COC(=O)c1ccc(C=O)cc1)[C@H]1CCS(=O)(=O)C1. The molecule has 1 heterocycles. The second kappa shape index (κ2) is 6.91. The third kappa shape index (κ3) is 4.38. The fourth-order valence-electron chi connectivity index (χ4n) is 2.29. The van der Waals surface area contributed by atoms with Gasteiger partial charge in [0.1, 0.15) is 6.29 Å². The minimum atomic E-state index is -3.09. The van der Waals surface area contributed by atoms with E-state index in [0.29, 0.717) is 18.3 Å². The molecule has 1 aliphatic rings. The number of aldehydes is 1. The van der Waals surface area contributed by atoms with Gasteiger partial charge >= 0.3 is 5.97 Å². The van der Waals surface area contributed by atoms with Gasteiger partial charge in [-0.1, -0.05) is 12.1 Å². The molecule has 0 aromatic heterocycles. The van der Waals surface area contributed by atoms with E-state index in [1.165, 1.54) is 36.2 Å². The Morgan fingerprint density at radius 1 is 1.30 bits per heavy atom. The monoisotopic (exact) mass is 339 g/mol. The summed E-state index contributed by atoms with van der Waals surface area (Å²) in [5.41, 5.74) is 0.661. The van der Waals surface area contributed by atoms with Crippen LogP contribution in [0.25, 0.3) is 0 Å². The Kier molecular flexibility index (Phi) is 5.15. The summed E-state index contributed by atoms with van der Waals surface area (Å²) in [5, 5.41) is 0. The van der Waals surface area contributed by atoms with Gasteiger partial charge in [0.2, 0.25) is 0 Å². The van der Waals surface area contributed by atoms with Crippen molar-refractivity contribution in [3.05, 3.63) is 35.4 Å². The van der Waals surface area contributed by atoms with Crippen LogP contribution in [0.1, 0.15) is 27.1 Å². The van der Waals surface area contributed by atoms with E-state index in [1.54, 1.807) is 0 Å². The van der Waals surface area contributed by atoms with Crippen LogP contribution in [-0.2, 0) is 19.4 Å². The molecular formula is C15H17NO6S. The van der Waals surface area contributed by atoms with E-state index in [-0.39, 0.29) is 23.1 Å². The molecule has 1 aromatic carbocycles. The van der Waals surface area contributed by atoms with Crippen molar-refractivity contribution in [2.45, 2.75) is 12.5 Å². The molecule has 0 unspecified atom stereocenters. The molecule has 1 aromatic rings. The van der Waals surface area contributed by atoms with Crippen LogP contribution in [0.2, 0.25) is 0 Å². The molecule has 0 spiro atoms. The molecule has 7 nitrogen and oxygen atoms in total. The van der Waals surface area contributed by atoms with Crippen molar-refractivity contribution in [1.29, 1.82) is 0 Å². The number of rotatable bonds is 5. The number of hydrogen-bond acceptors (Lipinski definition) is 6. The number of carbonyl (C=O) groups is 3. The number of nitrogens with zero attached hydrogens (tertiary/aromatic N) is 1. The Hall–Kier alpha value is -2.22. The van der Waals surface area contributed by atoms with Gasteiger partial charge in [-0.3, -0.25) is 9.59 Å². The van der Waals surface area contributed by atoms with Crippen LogP contribution in [0.5, 0.6) is 0 Å². The molecule has 8 heteroatoms. The number of ether oxygens (including phenoxy) is 1. The molecule has 0 aliphatic carbocycles. The summed E-state index contributed by atoms with van der Waals surface area (Å²) in [4.78, 5) is 35.7. The lowest BCUT2D eigenvalue weighted by molar-refractivity contribution is -0.134. The zero-order valence-corrected chi connectivity index (χ0v) is 13.4. The van der Waals surface area contributed by atoms with Crippen LogP contribution in [0, 0.1) is 0 Å². The molecule has 23 heavy (non-hydrogen) atoms. The first-order valence-electron chi connectivity index (χ1n) is 7.01. The van der Waals surface area contributed by atoms with Gasteiger partial charge in [0.05, 0.1) is 17.1 Å². The minimum absolute atomic E-state index is 0.0592. The molecule has 1 saturated heterocycles. The van der Waals surface area contributed by atoms with E-state index >= 15 is 0 Å². The second-order valence-corrected chi connectivity index (χ2v) is 7.61. The highest BCUT2D eigenvalue weighted by Crippen LogP contribution is 2.16. The smallest absolute Gasteiger partial charge is 0.338 e. The molecule has 0 N–H and O–H groups in total. The molecule has 0 bridgehead atoms. The van der Waals surface area contributed by atoms with Crippen LogP contribution < -0.4 is 0 Å². The average Bonchev–Trinajstić information content (AvgIpc) is 2.91. The predicted octanol–water partition coefficient (Wildman–Crippen LogP) is 0.301. The summed E-state index contributed by atoms with van der Waals surface area (Å²) < 4.78 is 27.8. The van der Waals surface area contributed by atoms with E-state index in [9.17, 15) is 22.8 Å². The largest absolute Gasteiger partial charge is 0.452 e. The highest BCUT2D eigenvalue weighted by atomic mass is 32.2. The Morgan fingerprint density at radius 3 is 2.48 bits per heavy atom. The fraction of sp³-hybridized carbons (Fsp3) is 0.400. The fourth-order valence-corrected chi connectivity index (χ4v) is 4.07. The molecule has 124 valence electrons. The number of hydrogen-bond donors (Lipinski definition) is 0. The summed E-state index contributed by atoms with van der Waals surface area (Å²) >= 11 is 0. The van der Waals surface area contributed by atoms with Gasteiger partial charge in [-0.25, -0.2) is 13.2 Å². The third-order valence-corrected chi connectivity index (χ3v) is 5.51. The van der Waals surface area contributed by atoms with E-state index < -0.39 is 28.3 Å². The minimum Gasteiger partial charge on any atom is -0.452 e. The van der Waals surface area contributed by atoms with Crippen LogP contribution in [-0.4, -0.2) is 62.7 Å². The van der Waals surface area contributed by atoms with Crippen molar-refractivity contribution in [3.8, 4) is 0 Å². The maximum Gasteiger partial charge on any atom is 0.338 e. The van der Waals surface area contributed by atoms with E-state index in [0.717, 1.165) is 0 Å². The number of esters is 1. The van der Waals surface area contributed by atoms with Crippen LogP contribution in [0.4, 0.5) is 0 Å². The molecule has 1 amide bonds. The highest BCUT2D eigenvalue weighted by Gasteiger charge is 2.32. The zero-order valence-electron chi connectivity index (χ0n) is 12.6. The van der Waals surface area contributed by atoms with E-state index in [4.69, 9.17) is 4.74 Å². The standard InChI is InChI=1S/C15H17NO6S/c1-16(13-6-7-23(20,21)10-13)14(18)9-22-15(19)12-4-2-11(8-17)3-5-12/h2-5,8,13H,6-7,9-10H2,1H3/t13-/m0/s1. The topological polar surface area (TPSA) is 97.8 Å². The Bertz CT molecular complexity index is 710. The number of likely N-dealkylation sites (N-methyl/N-ethyl adjacent to an activating group) is 1. The summed E-state index contributed by atoms with van der Waals surface area (Å²) in [6, 6.07) is 5.44. The molecule has 2 rings (SSSR count). The molecule has 1 fully saturated rings. The van der Waals surface area contributed by atoms with Crippen LogP contribution in [0.3, 0.4) is 0 Å². The third-order valence-electron chi connectivity index (χ3n) is 3.76. The summed E-state index contributed by atoms with van der Waals surface area (Å²) in [6.45, 7) is -0.457. The van der Waals surface area contributed by atoms with Crippen molar-refractivity contribution in [2.75, 3.05) is 25.2 Å². The van der Waals surface area contributed by atoms with Crippen molar-refractivity contribution >= 4 is 28.0 Å². The highest BCUT2D eigenvalue weighted by molar-refractivity contribution is 7.91. The molecule has 0 radical (unpaired) electrons. The van der Waals surface area contributed by atoms with Crippen LogP contribution >= 0.6 is 0 Å². The van der Waals surface area contributed by atoms with Gasteiger partial charge in [-0.05, 0) is 18.6 Å². The van der Waals surface area contributed by atoms with Crippen molar-refractivity contribution in [3.63, 3.8) is 0 Å². The van der Waals surface area contributed by atoms with Gasteiger partial charge in [-0.2, -0.15) is 0 Å². The van der Waals surface area contributed by atoms with Crippen LogP contribution in [0.15, 0.2) is 24.3 Å². The van der Waals surface area contributed by atoms with Gasteiger partial charge in [0.15, 0.2) is 16.4 Å². The van der Waals surface area contributed by atoms with Gasteiger partial charge in [0.25, 0.3) is 5.91 Å². The number of sulfone groups is 1. The first-order chi connectivity index (χ1) is 10.8.